The van der Waals surface area contributed by atoms with Crippen LogP contribution in [0, 0.1) is 49.2 Å². The summed E-state index contributed by atoms with van der Waals surface area (Å²) in [6, 6.07) is 20.5. The van der Waals surface area contributed by atoms with E-state index in [9.17, 15) is 29.4 Å². The first-order valence-corrected chi connectivity index (χ1v) is 28.8. The van der Waals surface area contributed by atoms with Gasteiger partial charge in [0, 0.05) is 74.3 Å². The minimum Gasteiger partial charge on any atom is -0.396 e. The van der Waals surface area contributed by atoms with Crippen molar-refractivity contribution in [2.24, 2.45) is 29.4 Å². The molecule has 0 spiro atoms. The third-order valence-electron chi connectivity index (χ3n) is 16.3. The molecule has 4 fully saturated rings. The van der Waals surface area contributed by atoms with E-state index >= 15 is 8.78 Å². The van der Waals surface area contributed by atoms with Gasteiger partial charge in [-0.25, -0.2) is 28.3 Å². The fourth-order valence-electron chi connectivity index (χ4n) is 11.2. The number of hydrogen-bond donors (Lipinski definition) is 8. The van der Waals surface area contributed by atoms with E-state index in [2.05, 4.69) is 46.5 Å². The molecule has 2 unspecified atom stereocenters. The zero-order chi connectivity index (χ0) is 59.0. The number of carbonyl (C=O) groups excluding carboxylic acids is 4. The summed E-state index contributed by atoms with van der Waals surface area (Å²) in [6.45, 7) is 3.78. The van der Waals surface area contributed by atoms with Crippen molar-refractivity contribution in [1.82, 2.24) is 35.1 Å². The Morgan fingerprint density at radius 3 is 1.46 bits per heavy atom. The minimum atomic E-state index is -0.928. The van der Waals surface area contributed by atoms with Crippen molar-refractivity contribution < 1.29 is 38.2 Å². The molecular formula is C62H74Cl2F2N12O6. The van der Waals surface area contributed by atoms with Gasteiger partial charge in [-0.2, -0.15) is 0 Å². The van der Waals surface area contributed by atoms with Crippen LogP contribution in [0.5, 0.6) is 0 Å². The summed E-state index contributed by atoms with van der Waals surface area (Å²) in [6.07, 6.45) is 15.0. The molecule has 4 aliphatic rings. The molecule has 9 N–H and O–H groups in total. The van der Waals surface area contributed by atoms with Crippen molar-refractivity contribution in [3.05, 3.63) is 165 Å². The molecule has 18 nitrogen and oxygen atoms in total. The molecule has 6 heterocycles. The number of aromatic nitrogens is 4. The molecule has 6 amide bonds. The number of pyridine rings is 4. The Morgan fingerprint density at radius 1 is 0.595 bits per heavy atom. The van der Waals surface area contributed by atoms with Gasteiger partial charge in [0.2, 0.25) is 11.8 Å². The number of nitrogens with one attached hydrogen (secondary N) is 5. The number of likely N-dealkylation sites (tertiary alicyclic amines) is 2. The predicted octanol–water partition coefficient (Wildman–Crippen LogP) is 10.5. The second-order valence-electron chi connectivity index (χ2n) is 22.3. The highest BCUT2D eigenvalue weighted by molar-refractivity contribution is 6.30. The molecule has 6 aromatic rings. The molecule has 2 saturated heterocycles. The van der Waals surface area contributed by atoms with Crippen LogP contribution < -0.4 is 32.3 Å². The quantitative estimate of drug-likeness (QED) is 0.0377. The molecule has 2 aromatic carbocycles. The van der Waals surface area contributed by atoms with Crippen LogP contribution in [0.3, 0.4) is 0 Å². The first-order chi connectivity index (χ1) is 39.9. The zero-order valence-electron chi connectivity index (χ0n) is 46.6. The number of amides is 6. The molecular weight excluding hydrogens is 1120 g/mol. The SMILES string of the molecule is C.CNC(CCC1CC1)(c1ccnc(C)c1)c1ccc(F)c(NC(=O)[C@H]2C[C@@H](CO)CN2C(=O)Nc2ccc(Cl)cn2)c1.Cc1cc(C(N)(CCC2CC2)c2ccc(F)c(NC(=O)[C@H]3C[C@@H](CO)CN3C(=O)Nc3ccc(Cl)cn3)c2)ccn1. The molecule has 0 bridgehead atoms. The van der Waals surface area contributed by atoms with Crippen molar-refractivity contribution in [3.63, 3.8) is 0 Å². The predicted molar refractivity (Wildman–Crippen MR) is 321 cm³/mol. The highest BCUT2D eigenvalue weighted by Gasteiger charge is 2.43. The largest absolute Gasteiger partial charge is 0.396 e. The van der Waals surface area contributed by atoms with Crippen molar-refractivity contribution >= 4 is 70.1 Å². The summed E-state index contributed by atoms with van der Waals surface area (Å²) in [5.74, 6) is -1.03. The Morgan fingerprint density at radius 2 is 1.02 bits per heavy atom. The number of benzene rings is 2. The van der Waals surface area contributed by atoms with Crippen molar-refractivity contribution in [1.29, 1.82) is 0 Å². The Balaban J connectivity index is 0.000000217. The van der Waals surface area contributed by atoms with Crippen LogP contribution >= 0.6 is 23.2 Å². The van der Waals surface area contributed by atoms with Crippen molar-refractivity contribution in [3.8, 4) is 0 Å². The van der Waals surface area contributed by atoms with Crippen LogP contribution in [-0.2, 0) is 20.7 Å². The fourth-order valence-corrected chi connectivity index (χ4v) is 11.4. The number of rotatable bonds is 19. The average molecular weight is 1190 g/mol. The smallest absolute Gasteiger partial charge is 0.323 e. The lowest BCUT2D eigenvalue weighted by atomic mass is 9.78. The van der Waals surface area contributed by atoms with Gasteiger partial charge in [-0.15, -0.1) is 0 Å². The summed E-state index contributed by atoms with van der Waals surface area (Å²) >= 11 is 11.8. The normalized spacial score (nSPS) is 19.6. The standard InChI is InChI=1S/C31H36ClFN6O3.C30H34ClFN6O3.CH4/c1-19-13-23(10-12-35-19)31(34-2,11-9-20-3-4-20)22-5-7-25(33)26(15-22)37-29(41)27-14-21(18-40)17-39(27)30(42)38-28-8-6-24(32)16-36-28;1-18-12-22(9-11-34-18)30(33,10-8-19-2-3-19)21-4-6-24(32)25(14-21)36-28(40)26-13-20(17-39)16-38(26)29(41)37-27-7-5-23(31)15-35-27;/h5-8,10,12-13,15-16,20-21,27,34,40H,3-4,9,11,14,17-18H2,1-2H3,(H,37,41)(H,36,38,42);4-7,9,11-12,14-15,19-20,26,39H,2-3,8,10,13,16-17,33H2,1H3,(H,36,40)(H,35,37,41);1H4/t21-,27-,31?;20-,26-,30?;/m11./s1. The maximum Gasteiger partial charge on any atom is 0.323 e. The van der Waals surface area contributed by atoms with Crippen LogP contribution in [-0.4, -0.2) is 109 Å². The van der Waals surface area contributed by atoms with Gasteiger partial charge in [-0.1, -0.05) is 68.4 Å². The van der Waals surface area contributed by atoms with E-state index in [1.807, 2.05) is 45.2 Å². The number of hydrogen-bond acceptors (Lipinski definition) is 12. The molecule has 2 saturated carbocycles. The number of nitrogens with zero attached hydrogens (tertiary/aromatic N) is 6. The Bertz CT molecular complexity index is 3290. The topological polar surface area (TPSA) is 253 Å². The van der Waals surface area contributed by atoms with Gasteiger partial charge in [0.15, 0.2) is 0 Å². The number of carbonyl (C=O) groups is 4. The second kappa shape index (κ2) is 27.7. The van der Waals surface area contributed by atoms with Gasteiger partial charge >= 0.3 is 12.1 Å². The van der Waals surface area contributed by atoms with Crippen LogP contribution in [0.15, 0.2) is 110 Å². The molecule has 0 radical (unpaired) electrons. The molecule has 10 rings (SSSR count). The van der Waals surface area contributed by atoms with E-state index in [4.69, 9.17) is 28.9 Å². The molecule has 84 heavy (non-hydrogen) atoms. The highest BCUT2D eigenvalue weighted by atomic mass is 35.5. The third-order valence-corrected chi connectivity index (χ3v) is 16.7. The van der Waals surface area contributed by atoms with Gasteiger partial charge in [-0.3, -0.25) is 30.2 Å². The van der Waals surface area contributed by atoms with E-state index in [0.29, 0.717) is 33.9 Å². The number of nitrogens with two attached hydrogens (primary N) is 1. The number of halogens is 4. The van der Waals surface area contributed by atoms with E-state index in [1.165, 1.54) is 60.0 Å². The number of anilines is 4. The maximum atomic E-state index is 15.2. The molecule has 446 valence electrons. The van der Waals surface area contributed by atoms with E-state index in [-0.39, 0.29) is 81.4 Å². The van der Waals surface area contributed by atoms with E-state index < -0.39 is 58.7 Å². The summed E-state index contributed by atoms with van der Waals surface area (Å²) in [4.78, 5) is 72.7. The van der Waals surface area contributed by atoms with Gasteiger partial charge < -0.3 is 41.7 Å². The average Bonchev–Trinajstić information content (AvgIpc) is 3.21. The first-order valence-electron chi connectivity index (χ1n) is 28.0. The second-order valence-corrected chi connectivity index (χ2v) is 23.2. The van der Waals surface area contributed by atoms with Crippen LogP contribution in [0.1, 0.15) is 105 Å². The molecule has 4 aromatic heterocycles. The van der Waals surface area contributed by atoms with Gasteiger partial charge in [-0.05, 0) is 166 Å². The van der Waals surface area contributed by atoms with E-state index in [0.717, 1.165) is 47.3 Å². The monoisotopic (exact) mass is 1190 g/mol. The Kier molecular flexibility index (Phi) is 20.7. The Hall–Kier alpha value is -7.20. The summed E-state index contributed by atoms with van der Waals surface area (Å²) in [5.41, 5.74) is 10.6. The third kappa shape index (κ3) is 15.2. The fraction of sp³-hybridized carbons (Fsp3) is 0.419. The van der Waals surface area contributed by atoms with Crippen LogP contribution in [0.25, 0.3) is 0 Å². The van der Waals surface area contributed by atoms with Crippen LogP contribution in [0.4, 0.5) is 41.4 Å². The van der Waals surface area contributed by atoms with Crippen molar-refractivity contribution in [2.75, 3.05) is 54.6 Å². The minimum absolute atomic E-state index is 0. The first kappa shape index (κ1) is 62.8. The number of aliphatic hydroxyl groups is 2. The lowest BCUT2D eigenvalue weighted by Crippen LogP contribution is -2.45. The zero-order valence-corrected chi connectivity index (χ0v) is 48.1. The summed E-state index contributed by atoms with van der Waals surface area (Å²) < 4.78 is 30.3. The summed E-state index contributed by atoms with van der Waals surface area (Å²) in [5, 5.41) is 34.7. The van der Waals surface area contributed by atoms with E-state index in [1.54, 1.807) is 60.9 Å². The van der Waals surface area contributed by atoms with Gasteiger partial charge in [0.05, 0.1) is 32.5 Å². The van der Waals surface area contributed by atoms with Crippen molar-refractivity contribution in [2.45, 2.75) is 109 Å². The Labute approximate surface area is 498 Å². The van der Waals surface area contributed by atoms with Gasteiger partial charge in [0.1, 0.15) is 35.4 Å². The highest BCUT2D eigenvalue weighted by Crippen LogP contribution is 2.43. The molecule has 6 atom stereocenters. The maximum absolute atomic E-state index is 15.2. The summed E-state index contributed by atoms with van der Waals surface area (Å²) in [7, 11) is 1.89. The van der Waals surface area contributed by atoms with Crippen LogP contribution in [0.2, 0.25) is 10.0 Å². The number of aryl methyl sites for hydroxylation is 2. The number of aliphatic hydroxyl groups excluding tert-OH is 2. The molecule has 2 aliphatic heterocycles. The lowest BCUT2D eigenvalue weighted by molar-refractivity contribution is -0.120. The number of urea groups is 2. The van der Waals surface area contributed by atoms with Gasteiger partial charge in [0.25, 0.3) is 0 Å². The molecule has 22 heteroatoms. The lowest BCUT2D eigenvalue weighted by Gasteiger charge is -2.36. The molecule has 2 aliphatic carbocycles.